The molecule has 0 bridgehead atoms. The molecule has 2 aliphatic rings. The second kappa shape index (κ2) is 7.13. The van der Waals surface area contributed by atoms with Crippen LogP contribution >= 0.6 is 15.9 Å². The Kier molecular flexibility index (Phi) is 4.93. The second-order valence-corrected chi connectivity index (χ2v) is 9.23. The fourth-order valence-corrected chi connectivity index (χ4v) is 4.64. The molecule has 2 aromatic heterocycles. The molecule has 1 amide bonds. The molecule has 0 N–H and O–H groups in total. The number of piperidine rings is 1. The molecular weight excluding hydrogens is 427 g/mol. The zero-order chi connectivity index (χ0) is 20.1. The van der Waals surface area contributed by atoms with Gasteiger partial charge in [0.15, 0.2) is 5.82 Å². The summed E-state index contributed by atoms with van der Waals surface area (Å²) >= 11 is 3.73. The summed E-state index contributed by atoms with van der Waals surface area (Å²) in [6.45, 7) is 6.93. The minimum atomic E-state index is -0.486. The van der Waals surface area contributed by atoms with E-state index >= 15 is 0 Å². The van der Waals surface area contributed by atoms with Crippen LogP contribution in [-0.2, 0) is 17.6 Å². The van der Waals surface area contributed by atoms with Gasteiger partial charge in [0, 0.05) is 24.6 Å². The second-order valence-electron chi connectivity index (χ2n) is 8.44. The summed E-state index contributed by atoms with van der Waals surface area (Å²) in [6.07, 6.45) is 4.19. The van der Waals surface area contributed by atoms with Crippen LogP contribution in [0.15, 0.2) is 16.7 Å². The summed E-state index contributed by atoms with van der Waals surface area (Å²) in [5, 5.41) is 4.82. The first-order valence-electron chi connectivity index (χ1n) is 9.63. The normalized spacial score (nSPS) is 17.2. The van der Waals surface area contributed by atoms with Gasteiger partial charge in [0.1, 0.15) is 11.4 Å². The van der Waals surface area contributed by atoms with Crippen LogP contribution in [-0.4, -0.2) is 44.4 Å². The van der Waals surface area contributed by atoms with Gasteiger partial charge in [-0.3, -0.25) is 0 Å². The third-order valence-electron chi connectivity index (χ3n) is 5.22. The SMILES string of the molecule is CC(C)(C)OC(=O)N1CCC(c2nn3c(c2Br)CCc2cc(F)cnc2-3)CC1. The highest BCUT2D eigenvalue weighted by Crippen LogP contribution is 2.37. The van der Waals surface area contributed by atoms with Gasteiger partial charge in [-0.25, -0.2) is 18.9 Å². The number of ether oxygens (including phenoxy) is 1. The predicted octanol–water partition coefficient (Wildman–Crippen LogP) is 4.38. The average Bonchev–Trinajstić information content (AvgIpc) is 2.97. The van der Waals surface area contributed by atoms with Crippen molar-refractivity contribution in [2.45, 2.75) is 58.0 Å². The van der Waals surface area contributed by atoms with Crippen LogP contribution in [0.25, 0.3) is 5.82 Å². The third-order valence-corrected chi connectivity index (χ3v) is 6.08. The lowest BCUT2D eigenvalue weighted by Crippen LogP contribution is -2.41. The van der Waals surface area contributed by atoms with E-state index < -0.39 is 5.60 Å². The van der Waals surface area contributed by atoms with Gasteiger partial charge in [0.25, 0.3) is 0 Å². The largest absolute Gasteiger partial charge is 0.444 e. The quantitative estimate of drug-likeness (QED) is 0.646. The highest BCUT2D eigenvalue weighted by molar-refractivity contribution is 9.10. The van der Waals surface area contributed by atoms with Gasteiger partial charge in [0.05, 0.1) is 22.1 Å². The van der Waals surface area contributed by atoms with E-state index in [1.54, 1.807) is 11.0 Å². The Morgan fingerprint density at radius 1 is 1.29 bits per heavy atom. The standard InChI is InChI=1S/C20H24BrFN4O2/c1-20(2,3)28-19(27)25-8-6-12(7-9-25)17-16(21)15-5-4-13-10-14(22)11-23-18(13)26(15)24-17/h10-12H,4-9H2,1-3H3. The summed E-state index contributed by atoms with van der Waals surface area (Å²) in [7, 11) is 0. The smallest absolute Gasteiger partial charge is 0.410 e. The van der Waals surface area contributed by atoms with Crippen LogP contribution in [0, 0.1) is 5.82 Å². The third kappa shape index (κ3) is 3.66. The fraction of sp³-hybridized carbons (Fsp3) is 0.550. The van der Waals surface area contributed by atoms with E-state index in [9.17, 15) is 9.18 Å². The lowest BCUT2D eigenvalue weighted by atomic mass is 9.93. The molecule has 2 aromatic rings. The van der Waals surface area contributed by atoms with Crippen molar-refractivity contribution in [3.8, 4) is 5.82 Å². The van der Waals surface area contributed by atoms with Gasteiger partial charge in [-0.2, -0.15) is 5.10 Å². The fourth-order valence-electron chi connectivity index (χ4n) is 3.87. The van der Waals surface area contributed by atoms with Gasteiger partial charge >= 0.3 is 6.09 Å². The molecule has 0 aliphatic carbocycles. The Hall–Kier alpha value is -1.96. The molecule has 28 heavy (non-hydrogen) atoms. The monoisotopic (exact) mass is 450 g/mol. The first kappa shape index (κ1) is 19.4. The maximum Gasteiger partial charge on any atom is 0.410 e. The van der Waals surface area contributed by atoms with Gasteiger partial charge in [-0.1, -0.05) is 0 Å². The van der Waals surface area contributed by atoms with Crippen LogP contribution in [0.5, 0.6) is 0 Å². The molecule has 0 aromatic carbocycles. The number of fused-ring (bicyclic) bond motifs is 3. The first-order valence-corrected chi connectivity index (χ1v) is 10.4. The molecule has 0 saturated carbocycles. The number of aromatic nitrogens is 3. The summed E-state index contributed by atoms with van der Waals surface area (Å²) in [5.74, 6) is 0.652. The van der Waals surface area contributed by atoms with Crippen LogP contribution < -0.4 is 0 Å². The number of nitrogens with zero attached hydrogens (tertiary/aromatic N) is 4. The van der Waals surface area contributed by atoms with Crippen molar-refractivity contribution in [2.24, 2.45) is 0 Å². The Morgan fingerprint density at radius 2 is 2.00 bits per heavy atom. The van der Waals surface area contributed by atoms with E-state index in [0.717, 1.165) is 47.1 Å². The number of amides is 1. The van der Waals surface area contributed by atoms with Crippen molar-refractivity contribution in [1.82, 2.24) is 19.7 Å². The maximum absolute atomic E-state index is 13.5. The van der Waals surface area contributed by atoms with E-state index in [1.807, 2.05) is 25.5 Å². The molecule has 1 fully saturated rings. The number of carbonyl (C=O) groups excluding carboxylic acids is 1. The minimum Gasteiger partial charge on any atom is -0.444 e. The van der Waals surface area contributed by atoms with Gasteiger partial charge in [-0.05, 0) is 68.5 Å². The molecule has 1 saturated heterocycles. The molecule has 0 unspecified atom stereocenters. The molecule has 4 heterocycles. The highest BCUT2D eigenvalue weighted by atomic mass is 79.9. The molecule has 0 radical (unpaired) electrons. The predicted molar refractivity (Wildman–Crippen MR) is 106 cm³/mol. The highest BCUT2D eigenvalue weighted by Gasteiger charge is 2.32. The summed E-state index contributed by atoms with van der Waals surface area (Å²) < 4.78 is 21.8. The van der Waals surface area contributed by atoms with Crippen LogP contribution in [0.4, 0.5) is 9.18 Å². The van der Waals surface area contributed by atoms with E-state index in [0.29, 0.717) is 18.9 Å². The molecule has 2 aliphatic heterocycles. The topological polar surface area (TPSA) is 60.2 Å². The molecular formula is C20H24BrFN4O2. The maximum atomic E-state index is 13.5. The van der Waals surface area contributed by atoms with E-state index in [1.165, 1.54) is 6.20 Å². The number of aryl methyl sites for hydroxylation is 1. The Bertz CT molecular complexity index is 914. The van der Waals surface area contributed by atoms with Crippen molar-refractivity contribution >= 4 is 22.0 Å². The van der Waals surface area contributed by atoms with Crippen molar-refractivity contribution in [3.05, 3.63) is 39.5 Å². The van der Waals surface area contributed by atoms with Crippen LogP contribution in [0.3, 0.4) is 0 Å². The summed E-state index contributed by atoms with van der Waals surface area (Å²) in [6, 6.07) is 1.54. The Labute approximate surface area is 172 Å². The Morgan fingerprint density at radius 3 is 2.68 bits per heavy atom. The zero-order valence-electron chi connectivity index (χ0n) is 16.3. The molecule has 0 atom stereocenters. The molecule has 8 heteroatoms. The lowest BCUT2D eigenvalue weighted by molar-refractivity contribution is 0.0204. The number of halogens is 2. The van der Waals surface area contributed by atoms with E-state index in [4.69, 9.17) is 9.84 Å². The molecule has 4 rings (SSSR count). The van der Waals surface area contributed by atoms with Gasteiger partial charge < -0.3 is 9.64 Å². The number of hydrogen-bond donors (Lipinski definition) is 0. The number of rotatable bonds is 1. The van der Waals surface area contributed by atoms with Crippen molar-refractivity contribution < 1.29 is 13.9 Å². The number of carbonyl (C=O) groups is 1. The average molecular weight is 451 g/mol. The molecule has 6 nitrogen and oxygen atoms in total. The first-order chi connectivity index (χ1) is 13.2. The van der Waals surface area contributed by atoms with Crippen molar-refractivity contribution in [3.63, 3.8) is 0 Å². The van der Waals surface area contributed by atoms with Crippen molar-refractivity contribution in [2.75, 3.05) is 13.1 Å². The lowest BCUT2D eigenvalue weighted by Gasteiger charge is -2.33. The van der Waals surface area contributed by atoms with Gasteiger partial charge in [-0.15, -0.1) is 0 Å². The van der Waals surface area contributed by atoms with E-state index in [2.05, 4.69) is 20.9 Å². The minimum absolute atomic E-state index is 0.255. The van der Waals surface area contributed by atoms with Crippen LogP contribution in [0.1, 0.15) is 56.5 Å². The van der Waals surface area contributed by atoms with Gasteiger partial charge in [0.2, 0.25) is 0 Å². The molecule has 150 valence electrons. The Balaban J connectivity index is 1.52. The number of pyridine rings is 1. The van der Waals surface area contributed by atoms with Crippen molar-refractivity contribution in [1.29, 1.82) is 0 Å². The zero-order valence-corrected chi connectivity index (χ0v) is 17.9. The van der Waals surface area contributed by atoms with Crippen LogP contribution in [0.2, 0.25) is 0 Å². The summed E-state index contributed by atoms with van der Waals surface area (Å²) in [5.41, 5.74) is 2.47. The number of hydrogen-bond acceptors (Lipinski definition) is 4. The van der Waals surface area contributed by atoms with E-state index in [-0.39, 0.29) is 17.8 Å². The summed E-state index contributed by atoms with van der Waals surface area (Å²) in [4.78, 5) is 18.3. The number of likely N-dealkylation sites (tertiary alicyclic amines) is 1. The molecule has 0 spiro atoms.